The fraction of sp³-hybridized carbons (Fsp3) is 0.250. The molecule has 2 heterocycles. The van der Waals surface area contributed by atoms with Crippen molar-refractivity contribution in [1.29, 1.82) is 0 Å². The third-order valence-corrected chi connectivity index (χ3v) is 3.69. The number of thioether (sulfide) groups is 1. The van der Waals surface area contributed by atoms with E-state index in [9.17, 15) is 9.59 Å². The van der Waals surface area contributed by atoms with Crippen LogP contribution in [0.2, 0.25) is 0 Å². The molecule has 1 aromatic rings. The van der Waals surface area contributed by atoms with Crippen LogP contribution in [0.15, 0.2) is 23.2 Å². The summed E-state index contributed by atoms with van der Waals surface area (Å²) >= 11 is 1.54. The Labute approximate surface area is 108 Å². The molecule has 0 atom stereocenters. The van der Waals surface area contributed by atoms with Crippen molar-refractivity contribution in [1.82, 2.24) is 5.32 Å². The van der Waals surface area contributed by atoms with Crippen LogP contribution in [-0.2, 0) is 11.2 Å². The van der Waals surface area contributed by atoms with Crippen LogP contribution in [0.3, 0.4) is 0 Å². The van der Waals surface area contributed by atoms with Crippen molar-refractivity contribution >= 4 is 34.4 Å². The maximum absolute atomic E-state index is 12.0. The standard InChI is InChI=1S/C12H11N3O2S/c16-10-6-8-5-7(1-2-9(8)14-10)11(17)15-12-13-3-4-18-12/h1-2,5H,3-4,6H2,(H,14,16)(H,13,15,17). The number of carbonyl (C=O) groups excluding carboxylic acids is 2. The fourth-order valence-corrected chi connectivity index (χ4v) is 2.67. The van der Waals surface area contributed by atoms with Crippen molar-refractivity contribution in [2.45, 2.75) is 6.42 Å². The highest BCUT2D eigenvalue weighted by Gasteiger charge is 2.20. The van der Waals surface area contributed by atoms with Gasteiger partial charge in [-0.1, -0.05) is 11.8 Å². The summed E-state index contributed by atoms with van der Waals surface area (Å²) in [6, 6.07) is 5.22. The summed E-state index contributed by atoms with van der Waals surface area (Å²) in [7, 11) is 0. The molecule has 0 unspecified atom stereocenters. The minimum atomic E-state index is -0.176. The van der Waals surface area contributed by atoms with Gasteiger partial charge in [0.15, 0.2) is 5.17 Å². The number of amidine groups is 1. The molecule has 6 heteroatoms. The first-order chi connectivity index (χ1) is 8.72. The lowest BCUT2D eigenvalue weighted by Gasteiger charge is -2.05. The predicted octanol–water partition coefficient (Wildman–Crippen LogP) is 1.01. The van der Waals surface area contributed by atoms with Gasteiger partial charge in [0, 0.05) is 17.0 Å². The number of fused-ring (bicyclic) bond motifs is 1. The lowest BCUT2D eigenvalue weighted by Crippen LogP contribution is -2.27. The van der Waals surface area contributed by atoms with Crippen LogP contribution >= 0.6 is 11.8 Å². The number of nitrogens with one attached hydrogen (secondary N) is 2. The Morgan fingerprint density at radius 3 is 3.11 bits per heavy atom. The Kier molecular flexibility index (Phi) is 2.79. The van der Waals surface area contributed by atoms with Crippen molar-refractivity contribution in [3.8, 4) is 0 Å². The fourth-order valence-electron chi connectivity index (χ4n) is 1.95. The zero-order valence-electron chi connectivity index (χ0n) is 9.53. The topological polar surface area (TPSA) is 70.6 Å². The number of hydrogen-bond acceptors (Lipinski definition) is 4. The molecule has 0 aliphatic carbocycles. The van der Waals surface area contributed by atoms with E-state index in [1.807, 2.05) is 0 Å². The van der Waals surface area contributed by atoms with Crippen molar-refractivity contribution < 1.29 is 9.59 Å². The molecule has 0 saturated carbocycles. The van der Waals surface area contributed by atoms with Crippen LogP contribution in [0.5, 0.6) is 0 Å². The van der Waals surface area contributed by atoms with Crippen molar-refractivity contribution in [2.24, 2.45) is 4.99 Å². The summed E-state index contributed by atoms with van der Waals surface area (Å²) in [6.07, 6.45) is 0.339. The highest BCUT2D eigenvalue weighted by atomic mass is 32.2. The second kappa shape index (κ2) is 4.45. The molecular formula is C12H11N3O2S. The Balaban J connectivity index is 1.78. The molecule has 92 valence electrons. The highest BCUT2D eigenvalue weighted by Crippen LogP contribution is 2.23. The minimum absolute atomic E-state index is 0.0294. The molecule has 5 nitrogen and oxygen atoms in total. The maximum Gasteiger partial charge on any atom is 0.257 e. The number of rotatable bonds is 1. The zero-order chi connectivity index (χ0) is 12.5. The second-order valence-electron chi connectivity index (χ2n) is 4.09. The van der Waals surface area contributed by atoms with E-state index in [0.29, 0.717) is 17.2 Å². The van der Waals surface area contributed by atoms with Crippen LogP contribution in [0.4, 0.5) is 5.69 Å². The van der Waals surface area contributed by atoms with E-state index in [-0.39, 0.29) is 11.8 Å². The third kappa shape index (κ3) is 2.11. The van der Waals surface area contributed by atoms with Gasteiger partial charge in [0.2, 0.25) is 5.91 Å². The number of carbonyl (C=O) groups is 2. The molecule has 0 radical (unpaired) electrons. The summed E-state index contributed by atoms with van der Waals surface area (Å²) in [5, 5.41) is 6.18. The third-order valence-electron chi connectivity index (χ3n) is 2.80. The van der Waals surface area contributed by atoms with Gasteiger partial charge in [-0.05, 0) is 23.8 Å². The van der Waals surface area contributed by atoms with Crippen LogP contribution in [0.25, 0.3) is 0 Å². The molecule has 2 amide bonds. The van der Waals surface area contributed by atoms with Crippen LogP contribution in [0, 0.1) is 0 Å². The molecule has 0 saturated heterocycles. The highest BCUT2D eigenvalue weighted by molar-refractivity contribution is 8.14. The predicted molar refractivity (Wildman–Crippen MR) is 71.0 cm³/mol. The number of anilines is 1. The van der Waals surface area contributed by atoms with E-state index < -0.39 is 0 Å². The molecule has 0 spiro atoms. The van der Waals surface area contributed by atoms with E-state index in [4.69, 9.17) is 0 Å². The molecule has 0 aromatic heterocycles. The number of nitrogens with zero attached hydrogens (tertiary/aromatic N) is 1. The average Bonchev–Trinajstić information content (AvgIpc) is 2.95. The van der Waals surface area contributed by atoms with Crippen LogP contribution in [-0.4, -0.2) is 29.3 Å². The first-order valence-electron chi connectivity index (χ1n) is 5.64. The first-order valence-corrected chi connectivity index (χ1v) is 6.62. The van der Waals surface area contributed by atoms with Crippen molar-refractivity contribution in [3.63, 3.8) is 0 Å². The smallest absolute Gasteiger partial charge is 0.257 e. The van der Waals surface area contributed by atoms with Gasteiger partial charge in [-0.25, -0.2) is 0 Å². The molecule has 18 heavy (non-hydrogen) atoms. The minimum Gasteiger partial charge on any atom is -0.326 e. The van der Waals surface area contributed by atoms with Gasteiger partial charge in [-0.15, -0.1) is 0 Å². The summed E-state index contributed by atoms with van der Waals surface area (Å²) < 4.78 is 0. The molecular weight excluding hydrogens is 250 g/mol. The van der Waals surface area contributed by atoms with Gasteiger partial charge in [0.1, 0.15) is 0 Å². The molecule has 0 fully saturated rings. The van der Waals surface area contributed by atoms with E-state index in [2.05, 4.69) is 15.6 Å². The van der Waals surface area contributed by atoms with Crippen LogP contribution < -0.4 is 10.6 Å². The lowest BCUT2D eigenvalue weighted by atomic mass is 10.1. The molecule has 1 aromatic carbocycles. The maximum atomic E-state index is 12.0. The van der Waals surface area contributed by atoms with Gasteiger partial charge in [0.25, 0.3) is 5.91 Å². The molecule has 2 aliphatic rings. The van der Waals surface area contributed by atoms with Gasteiger partial charge in [0.05, 0.1) is 13.0 Å². The molecule has 2 N–H and O–H groups in total. The first kappa shape index (κ1) is 11.3. The average molecular weight is 261 g/mol. The Hall–Kier alpha value is -1.82. The van der Waals surface area contributed by atoms with Crippen molar-refractivity contribution in [2.75, 3.05) is 17.6 Å². The SMILES string of the molecule is O=C1Cc2cc(C(=O)NC3=NCCS3)ccc2N1. The zero-order valence-corrected chi connectivity index (χ0v) is 10.3. The molecule has 0 bridgehead atoms. The van der Waals surface area contributed by atoms with E-state index >= 15 is 0 Å². The Morgan fingerprint density at radius 2 is 2.33 bits per heavy atom. The summed E-state index contributed by atoms with van der Waals surface area (Å²) in [5.74, 6) is 0.710. The van der Waals surface area contributed by atoms with E-state index in [0.717, 1.165) is 23.5 Å². The van der Waals surface area contributed by atoms with Crippen molar-refractivity contribution in [3.05, 3.63) is 29.3 Å². The van der Waals surface area contributed by atoms with Gasteiger partial charge in [-0.3, -0.25) is 14.6 Å². The number of benzene rings is 1. The normalized spacial score (nSPS) is 17.1. The molecule has 3 rings (SSSR count). The number of amides is 2. The largest absolute Gasteiger partial charge is 0.326 e. The van der Waals surface area contributed by atoms with Gasteiger partial charge >= 0.3 is 0 Å². The summed E-state index contributed by atoms with van der Waals surface area (Å²) in [5.41, 5.74) is 2.22. The van der Waals surface area contributed by atoms with Gasteiger partial charge < -0.3 is 10.6 Å². The van der Waals surface area contributed by atoms with E-state index in [1.165, 1.54) is 0 Å². The Morgan fingerprint density at radius 1 is 1.44 bits per heavy atom. The Bertz CT molecular complexity index is 568. The van der Waals surface area contributed by atoms with E-state index in [1.54, 1.807) is 30.0 Å². The second-order valence-corrected chi connectivity index (χ2v) is 5.17. The molecule has 2 aliphatic heterocycles. The number of hydrogen-bond donors (Lipinski definition) is 2. The quantitative estimate of drug-likeness (QED) is 0.792. The van der Waals surface area contributed by atoms with Gasteiger partial charge in [-0.2, -0.15) is 0 Å². The monoisotopic (exact) mass is 261 g/mol. The van der Waals surface area contributed by atoms with Crippen LogP contribution in [0.1, 0.15) is 15.9 Å². The summed E-state index contributed by atoms with van der Waals surface area (Å²) in [4.78, 5) is 27.4. The lowest BCUT2D eigenvalue weighted by molar-refractivity contribution is -0.115. The summed E-state index contributed by atoms with van der Waals surface area (Å²) in [6.45, 7) is 0.753. The number of aliphatic imine (C=N–C) groups is 1.